The fourth-order valence-electron chi connectivity index (χ4n) is 2.24. The molecule has 5 heteroatoms. The van der Waals surface area contributed by atoms with Gasteiger partial charge in [-0.2, -0.15) is 0 Å². The minimum absolute atomic E-state index is 0.104. The zero-order chi connectivity index (χ0) is 15.2. The summed E-state index contributed by atoms with van der Waals surface area (Å²) in [5.41, 5.74) is -0.196. The third-order valence-corrected chi connectivity index (χ3v) is 3.86. The molecule has 2 unspecified atom stereocenters. The molecule has 1 N–H and O–H groups in total. The van der Waals surface area contributed by atoms with Gasteiger partial charge in [0.05, 0.1) is 0 Å². The molecule has 0 saturated carbocycles. The maximum Gasteiger partial charge on any atom is 0.224 e. The topological polar surface area (TPSA) is 50.8 Å². The molecular weight excluding hydrogens is 256 g/mol. The molecule has 1 amide bonds. The molecule has 0 aromatic heterocycles. The number of hydrogen-bond acceptors (Lipinski definition) is 4. The van der Waals surface area contributed by atoms with Gasteiger partial charge in [-0.25, -0.2) is 0 Å². The molecule has 0 fully saturated rings. The van der Waals surface area contributed by atoms with Crippen LogP contribution in [0.2, 0.25) is 0 Å². The number of methoxy groups -OCH3 is 2. The van der Waals surface area contributed by atoms with E-state index in [1.54, 1.807) is 14.2 Å². The molecular formula is C15H28N2O3. The number of rotatable bonds is 5. The van der Waals surface area contributed by atoms with Crippen LogP contribution >= 0.6 is 0 Å². The van der Waals surface area contributed by atoms with Crippen LogP contribution in [0.5, 0.6) is 0 Å². The number of carbonyl (C=O) groups is 1. The summed E-state index contributed by atoms with van der Waals surface area (Å²) < 4.78 is 10.9. The van der Waals surface area contributed by atoms with Crippen molar-refractivity contribution in [2.24, 2.45) is 0 Å². The SMILES string of the molecule is CNC(C)(C)CC(=O)N1CC/C=C\C(OC)C(OC)C1. The average molecular weight is 284 g/mol. The molecule has 1 aliphatic rings. The summed E-state index contributed by atoms with van der Waals surface area (Å²) in [6.45, 7) is 5.35. The standard InChI is InChI=1S/C15H28N2O3/c1-15(2,16-3)10-14(18)17-9-7-6-8-12(19-4)13(11-17)20-5/h6,8,12-13,16H,7,9-11H2,1-5H3/b8-6-. The second kappa shape index (κ2) is 7.76. The monoisotopic (exact) mass is 284 g/mol. The van der Waals surface area contributed by atoms with E-state index >= 15 is 0 Å². The van der Waals surface area contributed by atoms with Crippen molar-refractivity contribution in [1.29, 1.82) is 0 Å². The first-order valence-electron chi connectivity index (χ1n) is 7.12. The fraction of sp³-hybridized carbons (Fsp3) is 0.800. The first-order chi connectivity index (χ1) is 9.43. The Morgan fingerprint density at radius 1 is 1.40 bits per heavy atom. The Bertz CT molecular complexity index is 342. The van der Waals surface area contributed by atoms with Crippen LogP contribution in [0, 0.1) is 0 Å². The van der Waals surface area contributed by atoms with Gasteiger partial charge in [0, 0.05) is 39.3 Å². The summed E-state index contributed by atoms with van der Waals surface area (Å²) >= 11 is 0. The zero-order valence-electron chi connectivity index (χ0n) is 13.3. The quantitative estimate of drug-likeness (QED) is 0.771. The summed E-state index contributed by atoms with van der Waals surface area (Å²) in [5.74, 6) is 0.150. The lowest BCUT2D eigenvalue weighted by Crippen LogP contribution is -2.48. The van der Waals surface area contributed by atoms with E-state index in [4.69, 9.17) is 9.47 Å². The molecule has 20 heavy (non-hydrogen) atoms. The Morgan fingerprint density at radius 3 is 2.65 bits per heavy atom. The maximum atomic E-state index is 12.5. The van der Waals surface area contributed by atoms with E-state index in [1.807, 2.05) is 31.9 Å². The van der Waals surface area contributed by atoms with Crippen molar-refractivity contribution in [2.45, 2.75) is 44.4 Å². The van der Waals surface area contributed by atoms with Crippen LogP contribution in [-0.2, 0) is 14.3 Å². The first-order valence-corrected chi connectivity index (χ1v) is 7.12. The molecule has 0 aromatic rings. The molecule has 1 aliphatic heterocycles. The van der Waals surface area contributed by atoms with Crippen LogP contribution in [0.1, 0.15) is 26.7 Å². The van der Waals surface area contributed by atoms with Gasteiger partial charge in [-0.05, 0) is 27.3 Å². The van der Waals surface area contributed by atoms with E-state index < -0.39 is 0 Å². The highest BCUT2D eigenvalue weighted by Gasteiger charge is 2.28. The van der Waals surface area contributed by atoms with Crippen molar-refractivity contribution >= 4 is 5.91 Å². The van der Waals surface area contributed by atoms with E-state index in [9.17, 15) is 4.79 Å². The highest BCUT2D eigenvalue weighted by molar-refractivity contribution is 5.77. The van der Waals surface area contributed by atoms with Gasteiger partial charge in [-0.15, -0.1) is 0 Å². The number of carbonyl (C=O) groups excluding carboxylic acids is 1. The molecule has 116 valence electrons. The van der Waals surface area contributed by atoms with Gasteiger partial charge < -0.3 is 19.7 Å². The number of nitrogens with one attached hydrogen (secondary N) is 1. The van der Waals surface area contributed by atoms with Crippen LogP contribution in [0.3, 0.4) is 0 Å². The van der Waals surface area contributed by atoms with Gasteiger partial charge in [-0.1, -0.05) is 12.2 Å². The molecule has 0 bridgehead atoms. The highest BCUT2D eigenvalue weighted by Crippen LogP contribution is 2.15. The minimum Gasteiger partial charge on any atom is -0.377 e. The van der Waals surface area contributed by atoms with Gasteiger partial charge in [-0.3, -0.25) is 4.79 Å². The van der Waals surface area contributed by atoms with Crippen molar-refractivity contribution in [3.8, 4) is 0 Å². The van der Waals surface area contributed by atoms with Crippen molar-refractivity contribution < 1.29 is 14.3 Å². The molecule has 0 aromatic carbocycles. The van der Waals surface area contributed by atoms with Gasteiger partial charge >= 0.3 is 0 Å². The Balaban J connectivity index is 2.74. The Kier molecular flexibility index (Phi) is 6.65. The lowest BCUT2D eigenvalue weighted by molar-refractivity contribution is -0.135. The van der Waals surface area contributed by atoms with Crippen LogP contribution in [0.15, 0.2) is 12.2 Å². The van der Waals surface area contributed by atoms with Crippen LogP contribution in [0.4, 0.5) is 0 Å². The predicted octanol–water partition coefficient (Wildman–Crippen LogP) is 1.19. The summed E-state index contributed by atoms with van der Waals surface area (Å²) in [5, 5.41) is 3.17. The van der Waals surface area contributed by atoms with Crippen LogP contribution in [-0.4, -0.2) is 62.9 Å². The minimum atomic E-state index is -0.196. The molecule has 0 spiro atoms. The summed E-state index contributed by atoms with van der Waals surface area (Å²) in [4.78, 5) is 14.3. The van der Waals surface area contributed by atoms with E-state index in [1.165, 1.54) is 0 Å². The second-order valence-corrected chi connectivity index (χ2v) is 5.84. The largest absolute Gasteiger partial charge is 0.377 e. The summed E-state index contributed by atoms with van der Waals surface area (Å²) in [7, 11) is 5.20. The second-order valence-electron chi connectivity index (χ2n) is 5.84. The molecule has 0 aliphatic carbocycles. The zero-order valence-corrected chi connectivity index (χ0v) is 13.3. The number of ether oxygens (including phenoxy) is 2. The smallest absolute Gasteiger partial charge is 0.224 e. The summed E-state index contributed by atoms with van der Waals surface area (Å²) in [6, 6.07) is 0. The molecule has 0 radical (unpaired) electrons. The van der Waals surface area contributed by atoms with Gasteiger partial charge in [0.2, 0.25) is 5.91 Å². The van der Waals surface area contributed by atoms with Crippen molar-refractivity contribution in [3.63, 3.8) is 0 Å². The van der Waals surface area contributed by atoms with Crippen LogP contribution in [0.25, 0.3) is 0 Å². The first kappa shape index (κ1) is 17.1. The van der Waals surface area contributed by atoms with Crippen molar-refractivity contribution in [2.75, 3.05) is 34.4 Å². The third kappa shape index (κ3) is 4.89. The van der Waals surface area contributed by atoms with E-state index in [2.05, 4.69) is 11.4 Å². The lowest BCUT2D eigenvalue weighted by Gasteiger charge is -2.33. The van der Waals surface area contributed by atoms with Gasteiger partial charge in [0.15, 0.2) is 0 Å². The molecule has 1 heterocycles. The number of nitrogens with zero attached hydrogens (tertiary/aromatic N) is 1. The Morgan fingerprint density at radius 2 is 2.10 bits per heavy atom. The lowest BCUT2D eigenvalue weighted by atomic mass is 9.99. The Labute approximate surface area is 122 Å². The normalized spacial score (nSPS) is 25.9. The van der Waals surface area contributed by atoms with E-state index in [0.29, 0.717) is 13.0 Å². The van der Waals surface area contributed by atoms with E-state index in [0.717, 1.165) is 13.0 Å². The van der Waals surface area contributed by atoms with Crippen molar-refractivity contribution in [3.05, 3.63) is 12.2 Å². The van der Waals surface area contributed by atoms with Crippen LogP contribution < -0.4 is 5.32 Å². The molecule has 5 nitrogen and oxygen atoms in total. The maximum absolute atomic E-state index is 12.5. The number of amides is 1. The Hall–Kier alpha value is -0.910. The number of hydrogen-bond donors (Lipinski definition) is 1. The fourth-order valence-corrected chi connectivity index (χ4v) is 2.24. The predicted molar refractivity (Wildman–Crippen MR) is 79.7 cm³/mol. The highest BCUT2D eigenvalue weighted by atomic mass is 16.5. The van der Waals surface area contributed by atoms with Crippen molar-refractivity contribution in [1.82, 2.24) is 10.2 Å². The molecule has 0 saturated heterocycles. The average Bonchev–Trinajstić information content (AvgIpc) is 2.38. The van der Waals surface area contributed by atoms with Gasteiger partial charge in [0.25, 0.3) is 0 Å². The third-order valence-electron chi connectivity index (χ3n) is 3.86. The molecule has 1 rings (SSSR count). The van der Waals surface area contributed by atoms with Gasteiger partial charge in [0.1, 0.15) is 12.2 Å². The summed E-state index contributed by atoms with van der Waals surface area (Å²) in [6.07, 6.45) is 5.17. The molecule has 2 atom stereocenters. The van der Waals surface area contributed by atoms with E-state index in [-0.39, 0.29) is 23.7 Å².